The molecule has 10 aromatic carbocycles. The third-order valence-corrected chi connectivity index (χ3v) is 14.5. The minimum Gasteiger partial charge on any atom is -0.457 e. The minimum absolute atomic E-state index is 0.618. The van der Waals surface area contributed by atoms with Gasteiger partial charge in [0, 0.05) is 32.3 Å². The SMILES string of the molecule is c1ccc2c(c1)Oc1ccccc1C21c2cc(-c3nc(-c4ccc5c6ccccc6c6ccccc6c5c4)nc4c3sc3ccccc34)ccc2-c2c1ccc1ccccc21. The second-order valence-electron chi connectivity index (χ2n) is 16.3. The van der Waals surface area contributed by atoms with Crippen molar-refractivity contribution in [2.45, 2.75) is 5.41 Å². The molecular formula is C57H32N2OS. The van der Waals surface area contributed by atoms with E-state index in [1.54, 1.807) is 11.3 Å². The van der Waals surface area contributed by atoms with Crippen LogP contribution in [0.15, 0.2) is 194 Å². The number of hydrogen-bond acceptors (Lipinski definition) is 4. The lowest BCUT2D eigenvalue weighted by Crippen LogP contribution is -2.32. The van der Waals surface area contributed by atoms with E-state index in [9.17, 15) is 0 Å². The zero-order valence-electron chi connectivity index (χ0n) is 32.7. The van der Waals surface area contributed by atoms with Gasteiger partial charge in [0.05, 0.1) is 21.3 Å². The van der Waals surface area contributed by atoms with Crippen LogP contribution in [0.5, 0.6) is 11.5 Å². The van der Waals surface area contributed by atoms with Crippen molar-refractivity contribution in [3.05, 3.63) is 216 Å². The first-order valence-corrected chi connectivity index (χ1v) is 21.6. The topological polar surface area (TPSA) is 35.0 Å². The Bertz CT molecular complexity index is 3800. The normalized spacial score (nSPS) is 13.5. The van der Waals surface area contributed by atoms with Crippen LogP contribution >= 0.6 is 11.3 Å². The molecule has 14 rings (SSSR count). The summed E-state index contributed by atoms with van der Waals surface area (Å²) in [6.07, 6.45) is 0. The van der Waals surface area contributed by atoms with E-state index in [0.717, 1.165) is 60.9 Å². The molecule has 0 amide bonds. The molecule has 61 heavy (non-hydrogen) atoms. The van der Waals surface area contributed by atoms with Gasteiger partial charge in [-0.1, -0.05) is 164 Å². The summed E-state index contributed by atoms with van der Waals surface area (Å²) >= 11 is 1.77. The molecule has 4 heteroatoms. The van der Waals surface area contributed by atoms with Gasteiger partial charge in [0.2, 0.25) is 0 Å². The van der Waals surface area contributed by atoms with Crippen molar-refractivity contribution < 1.29 is 4.74 Å². The van der Waals surface area contributed by atoms with Crippen LogP contribution in [-0.4, -0.2) is 9.97 Å². The van der Waals surface area contributed by atoms with E-state index in [4.69, 9.17) is 14.7 Å². The largest absolute Gasteiger partial charge is 0.457 e. The van der Waals surface area contributed by atoms with Crippen molar-refractivity contribution in [1.82, 2.24) is 9.97 Å². The molecule has 1 spiro atoms. The Kier molecular flexibility index (Phi) is 6.64. The van der Waals surface area contributed by atoms with E-state index in [0.29, 0.717) is 0 Å². The minimum atomic E-state index is -0.618. The van der Waals surface area contributed by atoms with Crippen LogP contribution in [0.25, 0.3) is 97.2 Å². The summed E-state index contributed by atoms with van der Waals surface area (Å²) in [4.78, 5) is 11.0. The van der Waals surface area contributed by atoms with Gasteiger partial charge in [0.25, 0.3) is 0 Å². The van der Waals surface area contributed by atoms with E-state index in [1.165, 1.54) is 70.0 Å². The zero-order chi connectivity index (χ0) is 39.8. The molecule has 282 valence electrons. The van der Waals surface area contributed by atoms with Gasteiger partial charge in [-0.2, -0.15) is 0 Å². The van der Waals surface area contributed by atoms with E-state index in [-0.39, 0.29) is 0 Å². The Balaban J connectivity index is 1.07. The molecule has 3 heterocycles. The van der Waals surface area contributed by atoms with Crippen LogP contribution in [0.3, 0.4) is 0 Å². The summed E-state index contributed by atoms with van der Waals surface area (Å²) in [7, 11) is 0. The molecule has 0 atom stereocenters. The molecule has 0 saturated heterocycles. The summed E-state index contributed by atoms with van der Waals surface area (Å²) < 4.78 is 9.00. The molecule has 1 aliphatic heterocycles. The number of nitrogens with zero attached hydrogens (tertiary/aromatic N) is 2. The zero-order valence-corrected chi connectivity index (χ0v) is 33.5. The van der Waals surface area contributed by atoms with Gasteiger partial charge >= 0.3 is 0 Å². The fourth-order valence-corrected chi connectivity index (χ4v) is 11.9. The molecule has 0 radical (unpaired) electrons. The third kappa shape index (κ3) is 4.41. The molecule has 0 fully saturated rings. The molecule has 2 aromatic heterocycles. The highest BCUT2D eigenvalue weighted by atomic mass is 32.1. The lowest BCUT2D eigenvalue weighted by molar-refractivity contribution is 0.436. The summed E-state index contributed by atoms with van der Waals surface area (Å²) in [5.74, 6) is 2.48. The Morgan fingerprint density at radius 3 is 1.74 bits per heavy atom. The van der Waals surface area contributed by atoms with E-state index in [1.807, 2.05) is 0 Å². The van der Waals surface area contributed by atoms with Crippen LogP contribution in [-0.2, 0) is 5.41 Å². The van der Waals surface area contributed by atoms with Crippen molar-refractivity contribution in [3.8, 4) is 45.3 Å². The molecule has 0 bridgehead atoms. The van der Waals surface area contributed by atoms with Gasteiger partial charge in [-0.15, -0.1) is 11.3 Å². The molecular weight excluding hydrogens is 761 g/mol. The Hall–Kier alpha value is -7.66. The van der Waals surface area contributed by atoms with Crippen molar-refractivity contribution in [2.24, 2.45) is 0 Å². The fraction of sp³-hybridized carbons (Fsp3) is 0.0175. The number of para-hydroxylation sites is 2. The Morgan fingerprint density at radius 1 is 0.410 bits per heavy atom. The summed E-state index contributed by atoms with van der Waals surface area (Å²) in [6, 6.07) is 70.6. The number of ether oxygens (including phenoxy) is 1. The van der Waals surface area contributed by atoms with Crippen LogP contribution in [0.1, 0.15) is 22.3 Å². The Morgan fingerprint density at radius 2 is 1.00 bits per heavy atom. The van der Waals surface area contributed by atoms with Crippen LogP contribution in [0.2, 0.25) is 0 Å². The van der Waals surface area contributed by atoms with Crippen molar-refractivity contribution in [3.63, 3.8) is 0 Å². The highest BCUT2D eigenvalue weighted by Crippen LogP contribution is 2.63. The standard InChI is InChI=1S/C57H32N2OS/c1-2-14-36-33(13-1)27-30-47-52(36)42-29-25-34(32-48(42)57(47)45-20-8-10-22-49(45)60-50-23-11-9-21-46(50)57)53-55-54(43-19-7-12-24-51(43)61-55)59-56(58-53)35-26-28-41-39-17-4-3-15-37(39)38-16-5-6-18-40(38)44(41)31-35/h1-32H. The van der Waals surface area contributed by atoms with Gasteiger partial charge < -0.3 is 4.74 Å². The van der Waals surface area contributed by atoms with Crippen LogP contribution in [0, 0.1) is 0 Å². The smallest absolute Gasteiger partial charge is 0.160 e. The van der Waals surface area contributed by atoms with Gasteiger partial charge in [0.15, 0.2) is 5.82 Å². The molecule has 1 aliphatic carbocycles. The maximum Gasteiger partial charge on any atom is 0.160 e. The lowest BCUT2D eigenvalue weighted by atomic mass is 9.66. The molecule has 3 nitrogen and oxygen atoms in total. The molecule has 2 aliphatic rings. The first kappa shape index (κ1) is 33.2. The number of rotatable bonds is 2. The maximum absolute atomic E-state index is 6.71. The van der Waals surface area contributed by atoms with Crippen molar-refractivity contribution in [1.29, 1.82) is 0 Å². The predicted molar refractivity (Wildman–Crippen MR) is 253 cm³/mol. The second-order valence-corrected chi connectivity index (χ2v) is 17.4. The van der Waals surface area contributed by atoms with Crippen LogP contribution < -0.4 is 4.74 Å². The third-order valence-electron chi connectivity index (χ3n) is 13.3. The summed E-state index contributed by atoms with van der Waals surface area (Å²) in [6.45, 7) is 0. The summed E-state index contributed by atoms with van der Waals surface area (Å²) in [5.41, 5.74) is 10.7. The highest BCUT2D eigenvalue weighted by molar-refractivity contribution is 7.26. The van der Waals surface area contributed by atoms with Crippen LogP contribution in [0.4, 0.5) is 0 Å². The number of benzene rings is 10. The monoisotopic (exact) mass is 792 g/mol. The predicted octanol–water partition coefficient (Wildman–Crippen LogP) is 15.3. The molecule has 0 saturated carbocycles. The average Bonchev–Trinajstić information content (AvgIpc) is 3.85. The number of aromatic nitrogens is 2. The first-order chi connectivity index (χ1) is 30.2. The first-order valence-electron chi connectivity index (χ1n) is 20.8. The van der Waals surface area contributed by atoms with E-state index < -0.39 is 5.41 Å². The van der Waals surface area contributed by atoms with Crippen molar-refractivity contribution in [2.75, 3.05) is 0 Å². The van der Waals surface area contributed by atoms with Gasteiger partial charge in [-0.05, 0) is 95.7 Å². The number of thiophene rings is 1. The quantitative estimate of drug-likeness (QED) is 0.164. The Labute approximate surface area is 354 Å². The fourth-order valence-electron chi connectivity index (χ4n) is 10.8. The molecule has 12 aromatic rings. The van der Waals surface area contributed by atoms with Gasteiger partial charge in [0.1, 0.15) is 11.5 Å². The van der Waals surface area contributed by atoms with Gasteiger partial charge in [-0.3, -0.25) is 0 Å². The van der Waals surface area contributed by atoms with Gasteiger partial charge in [-0.25, -0.2) is 9.97 Å². The summed E-state index contributed by atoms with van der Waals surface area (Å²) in [5, 5.41) is 11.1. The lowest BCUT2D eigenvalue weighted by Gasteiger charge is -2.39. The highest BCUT2D eigenvalue weighted by Gasteiger charge is 2.51. The van der Waals surface area contributed by atoms with Crippen molar-refractivity contribution >= 4 is 74.7 Å². The molecule has 0 N–H and O–H groups in total. The number of hydrogen-bond donors (Lipinski definition) is 0. The maximum atomic E-state index is 6.71. The van der Waals surface area contributed by atoms with E-state index in [2.05, 4.69) is 194 Å². The second kappa shape index (κ2) is 12.2. The average molecular weight is 793 g/mol. The number of fused-ring (bicyclic) bond motifs is 20. The molecule has 0 unspecified atom stereocenters. The van der Waals surface area contributed by atoms with E-state index >= 15 is 0 Å².